The summed E-state index contributed by atoms with van der Waals surface area (Å²) in [7, 11) is 0. The Hall–Kier alpha value is -2.37. The van der Waals surface area contributed by atoms with E-state index >= 15 is 0 Å². The van der Waals surface area contributed by atoms with Crippen molar-refractivity contribution in [3.05, 3.63) is 53.3 Å². The highest BCUT2D eigenvalue weighted by Gasteiger charge is 2.43. The van der Waals surface area contributed by atoms with Gasteiger partial charge >= 0.3 is 6.29 Å². The van der Waals surface area contributed by atoms with E-state index in [9.17, 15) is 13.2 Å². The number of hydrogen-bond acceptors (Lipinski definition) is 3. The highest BCUT2D eigenvalue weighted by Crippen LogP contribution is 2.42. The average molecular weight is 295 g/mol. The zero-order valence-electron chi connectivity index (χ0n) is 11.1. The molecule has 1 aliphatic rings. The number of halogens is 3. The normalized spacial score (nSPS) is 15.0. The summed E-state index contributed by atoms with van der Waals surface area (Å²) in [5.74, 6) is -0.271. The van der Waals surface area contributed by atoms with Crippen molar-refractivity contribution in [2.75, 3.05) is 5.32 Å². The second kappa shape index (κ2) is 4.87. The first-order chi connectivity index (χ1) is 9.93. The van der Waals surface area contributed by atoms with Crippen molar-refractivity contribution in [3.63, 3.8) is 0 Å². The maximum absolute atomic E-state index is 13.2. The molecule has 0 saturated carbocycles. The lowest BCUT2D eigenvalue weighted by Gasteiger charge is -2.08. The summed E-state index contributed by atoms with van der Waals surface area (Å²) < 4.78 is 47.7. The number of ether oxygens (including phenoxy) is 2. The third-order valence-electron chi connectivity index (χ3n) is 3.12. The van der Waals surface area contributed by atoms with Gasteiger partial charge in [-0.25, -0.2) is 4.39 Å². The summed E-state index contributed by atoms with van der Waals surface area (Å²) in [5.41, 5.74) is 2.05. The quantitative estimate of drug-likeness (QED) is 0.926. The van der Waals surface area contributed by atoms with Crippen LogP contribution in [0, 0.1) is 12.7 Å². The van der Waals surface area contributed by atoms with Crippen molar-refractivity contribution in [1.82, 2.24) is 0 Å². The smallest absolute Gasteiger partial charge is 0.395 e. The molecule has 21 heavy (non-hydrogen) atoms. The van der Waals surface area contributed by atoms with E-state index in [1.165, 1.54) is 18.2 Å². The van der Waals surface area contributed by atoms with Crippen LogP contribution in [0.3, 0.4) is 0 Å². The zero-order chi connectivity index (χ0) is 15.0. The molecule has 0 atom stereocenters. The molecular weight excluding hydrogens is 283 g/mol. The standard InChI is InChI=1S/C15H12F3NO2/c1-9-6-10(2-4-12(9)16)8-19-11-3-5-13-14(7-11)21-15(17,18)20-13/h2-7,19H,8H2,1H3. The molecule has 0 aliphatic carbocycles. The first-order valence-corrected chi connectivity index (χ1v) is 6.32. The molecule has 2 aromatic carbocycles. The molecule has 6 heteroatoms. The minimum atomic E-state index is -3.62. The van der Waals surface area contributed by atoms with E-state index in [1.807, 2.05) is 0 Å². The van der Waals surface area contributed by atoms with Gasteiger partial charge in [0.15, 0.2) is 11.5 Å². The van der Waals surface area contributed by atoms with Crippen molar-refractivity contribution < 1.29 is 22.6 Å². The molecule has 1 aliphatic heterocycles. The van der Waals surface area contributed by atoms with Crippen molar-refractivity contribution in [1.29, 1.82) is 0 Å². The molecule has 110 valence electrons. The van der Waals surface area contributed by atoms with Gasteiger partial charge in [-0.1, -0.05) is 12.1 Å². The fourth-order valence-electron chi connectivity index (χ4n) is 2.08. The summed E-state index contributed by atoms with van der Waals surface area (Å²) in [6.07, 6.45) is -3.62. The number of nitrogens with one attached hydrogen (secondary N) is 1. The van der Waals surface area contributed by atoms with E-state index in [0.717, 1.165) is 5.56 Å². The lowest BCUT2D eigenvalue weighted by Crippen LogP contribution is -2.25. The minimum Gasteiger partial charge on any atom is -0.395 e. The molecule has 3 nitrogen and oxygen atoms in total. The fourth-order valence-corrected chi connectivity index (χ4v) is 2.08. The van der Waals surface area contributed by atoms with E-state index < -0.39 is 6.29 Å². The molecule has 0 amide bonds. The second-order valence-electron chi connectivity index (χ2n) is 4.77. The van der Waals surface area contributed by atoms with Crippen molar-refractivity contribution in [2.45, 2.75) is 19.8 Å². The molecule has 0 bridgehead atoms. The van der Waals surface area contributed by atoms with Gasteiger partial charge in [-0.3, -0.25) is 0 Å². The first-order valence-electron chi connectivity index (χ1n) is 6.32. The molecule has 0 spiro atoms. The Kier molecular flexibility index (Phi) is 3.16. The zero-order valence-corrected chi connectivity index (χ0v) is 11.1. The molecule has 1 heterocycles. The van der Waals surface area contributed by atoms with Gasteiger partial charge in [0.1, 0.15) is 5.82 Å². The molecule has 0 radical (unpaired) electrons. The van der Waals surface area contributed by atoms with Crippen LogP contribution in [0.15, 0.2) is 36.4 Å². The highest BCUT2D eigenvalue weighted by atomic mass is 19.3. The van der Waals surface area contributed by atoms with Gasteiger partial charge in [0.25, 0.3) is 0 Å². The first kappa shape index (κ1) is 13.6. The second-order valence-corrected chi connectivity index (χ2v) is 4.77. The van der Waals surface area contributed by atoms with Gasteiger partial charge in [0, 0.05) is 18.3 Å². The highest BCUT2D eigenvalue weighted by molar-refractivity contribution is 5.56. The fraction of sp³-hybridized carbons (Fsp3) is 0.200. The van der Waals surface area contributed by atoms with Crippen LogP contribution in [0.5, 0.6) is 11.5 Å². The van der Waals surface area contributed by atoms with Crippen LogP contribution in [0.4, 0.5) is 18.9 Å². The van der Waals surface area contributed by atoms with E-state index in [-0.39, 0.29) is 17.3 Å². The molecular formula is C15H12F3NO2. The van der Waals surface area contributed by atoms with Crippen molar-refractivity contribution >= 4 is 5.69 Å². The SMILES string of the molecule is Cc1cc(CNc2ccc3c(c2)OC(F)(F)O3)ccc1F. The Morgan fingerprint density at radius 2 is 1.81 bits per heavy atom. The maximum atomic E-state index is 13.2. The lowest BCUT2D eigenvalue weighted by molar-refractivity contribution is -0.286. The topological polar surface area (TPSA) is 30.5 Å². The van der Waals surface area contributed by atoms with Gasteiger partial charge < -0.3 is 14.8 Å². The van der Waals surface area contributed by atoms with Crippen LogP contribution >= 0.6 is 0 Å². The maximum Gasteiger partial charge on any atom is 0.586 e. The summed E-state index contributed by atoms with van der Waals surface area (Å²) in [5, 5.41) is 3.06. The average Bonchev–Trinajstić information content (AvgIpc) is 2.73. The summed E-state index contributed by atoms with van der Waals surface area (Å²) in [4.78, 5) is 0. The number of hydrogen-bond donors (Lipinski definition) is 1. The van der Waals surface area contributed by atoms with Crippen molar-refractivity contribution in [2.24, 2.45) is 0 Å². The molecule has 2 aromatic rings. The van der Waals surface area contributed by atoms with Crippen molar-refractivity contribution in [3.8, 4) is 11.5 Å². The Morgan fingerprint density at radius 3 is 2.57 bits per heavy atom. The van der Waals surface area contributed by atoms with Gasteiger partial charge in [-0.05, 0) is 36.2 Å². The Balaban J connectivity index is 1.71. The van der Waals surface area contributed by atoms with Crippen LogP contribution in [0.1, 0.15) is 11.1 Å². The van der Waals surface area contributed by atoms with E-state index in [2.05, 4.69) is 14.8 Å². The summed E-state index contributed by atoms with van der Waals surface area (Å²) in [6, 6.07) is 9.24. The molecule has 3 rings (SSSR count). The summed E-state index contributed by atoms with van der Waals surface area (Å²) >= 11 is 0. The number of benzene rings is 2. The van der Waals surface area contributed by atoms with Gasteiger partial charge in [-0.2, -0.15) is 0 Å². The lowest BCUT2D eigenvalue weighted by atomic mass is 10.1. The van der Waals surface area contributed by atoms with Crippen LogP contribution in [-0.2, 0) is 6.54 Å². The monoisotopic (exact) mass is 295 g/mol. The number of fused-ring (bicyclic) bond motifs is 1. The van der Waals surface area contributed by atoms with E-state index in [0.29, 0.717) is 17.8 Å². The Bertz CT molecular complexity index is 689. The third-order valence-corrected chi connectivity index (χ3v) is 3.12. The van der Waals surface area contributed by atoms with Gasteiger partial charge in [0.2, 0.25) is 0 Å². The van der Waals surface area contributed by atoms with Crippen LogP contribution in [0.25, 0.3) is 0 Å². The van der Waals surface area contributed by atoms with Crippen LogP contribution < -0.4 is 14.8 Å². The van der Waals surface area contributed by atoms with Gasteiger partial charge in [0.05, 0.1) is 0 Å². The predicted molar refractivity (Wildman–Crippen MR) is 71.1 cm³/mol. The Labute approximate surface area is 119 Å². The van der Waals surface area contributed by atoms with Crippen LogP contribution in [-0.4, -0.2) is 6.29 Å². The number of rotatable bonds is 3. The third kappa shape index (κ3) is 2.89. The molecule has 0 unspecified atom stereocenters. The largest absolute Gasteiger partial charge is 0.586 e. The number of anilines is 1. The van der Waals surface area contributed by atoms with Gasteiger partial charge in [-0.15, -0.1) is 8.78 Å². The number of alkyl halides is 2. The molecule has 0 fully saturated rings. The molecule has 0 saturated heterocycles. The summed E-state index contributed by atoms with van der Waals surface area (Å²) in [6.45, 7) is 2.12. The predicted octanol–water partition coefficient (Wildman–Crippen LogP) is 4.07. The molecule has 0 aromatic heterocycles. The molecule has 1 N–H and O–H groups in total. The Morgan fingerprint density at radius 1 is 1.05 bits per heavy atom. The minimum absolute atomic E-state index is 0.00294. The van der Waals surface area contributed by atoms with E-state index in [4.69, 9.17) is 0 Å². The van der Waals surface area contributed by atoms with Crippen LogP contribution in [0.2, 0.25) is 0 Å². The van der Waals surface area contributed by atoms with E-state index in [1.54, 1.807) is 25.1 Å². The number of aryl methyl sites for hydroxylation is 1.